The first kappa shape index (κ1) is 12.0. The third-order valence-corrected chi connectivity index (χ3v) is 1.05. The maximum atomic E-state index is 9.77. The summed E-state index contributed by atoms with van der Waals surface area (Å²) in [5, 5.41) is 17.6. The van der Waals surface area contributed by atoms with Crippen LogP contribution in [-0.4, -0.2) is 32.0 Å². The zero-order valence-electron chi connectivity index (χ0n) is 7.38. The lowest BCUT2D eigenvalue weighted by molar-refractivity contribution is -0.393. The molecule has 1 aromatic heterocycles. The fourth-order valence-electron chi connectivity index (χ4n) is 0.357. The van der Waals surface area contributed by atoms with Crippen LogP contribution in [0.1, 0.15) is 6.92 Å². The number of hydrogen-bond donors (Lipinski definition) is 3. The summed E-state index contributed by atoms with van der Waals surface area (Å²) in [6.07, 6.45) is 2.73. The van der Waals surface area contributed by atoms with Gasteiger partial charge in [-0.2, -0.15) is 0 Å². The summed E-state index contributed by atoms with van der Waals surface area (Å²) >= 11 is 0. The molecule has 78 valence electrons. The fraction of sp³-hybridized carbons (Fsp3) is 0.333. The van der Waals surface area contributed by atoms with Crippen LogP contribution in [0.2, 0.25) is 0 Å². The van der Waals surface area contributed by atoms with E-state index in [2.05, 4.69) is 9.97 Å². The number of nitro groups is 1. The number of nitrogens with two attached hydrogens (primary N) is 1. The van der Waals surface area contributed by atoms with Crippen LogP contribution in [-0.2, 0) is 4.79 Å². The Balaban J connectivity index is 0.000000255. The van der Waals surface area contributed by atoms with Crippen LogP contribution in [0.5, 0.6) is 0 Å². The van der Waals surface area contributed by atoms with Crippen molar-refractivity contribution >= 4 is 11.9 Å². The molecular formula is C6H10N4O4. The van der Waals surface area contributed by atoms with Crippen LogP contribution in [0.15, 0.2) is 12.4 Å². The van der Waals surface area contributed by atoms with Gasteiger partial charge in [-0.15, -0.1) is 0 Å². The second kappa shape index (κ2) is 5.65. The van der Waals surface area contributed by atoms with Crippen molar-refractivity contribution in [3.05, 3.63) is 22.5 Å². The molecule has 1 rings (SSSR count). The molecule has 8 nitrogen and oxygen atoms in total. The Labute approximate surface area is 78.9 Å². The van der Waals surface area contributed by atoms with Crippen LogP contribution in [0.25, 0.3) is 0 Å². The number of H-pyrrole nitrogens is 1. The highest BCUT2D eigenvalue weighted by Gasteiger charge is 2.01. The second-order valence-corrected chi connectivity index (χ2v) is 2.30. The van der Waals surface area contributed by atoms with E-state index in [1.807, 2.05) is 0 Å². The topological polar surface area (TPSA) is 135 Å². The standard InChI is InChI=1S/C3H3N3O2.C3H7NO2/c7-6(8)3-4-1-2-5-3;1-2(4)3(5)6/h1-2H,(H,4,5);2H,4H2,1H3,(H,5,6). The van der Waals surface area contributed by atoms with Gasteiger partial charge in [-0.3, -0.25) is 4.79 Å². The van der Waals surface area contributed by atoms with Gasteiger partial charge in [-0.05, 0) is 11.8 Å². The Morgan fingerprint density at radius 1 is 1.86 bits per heavy atom. The van der Waals surface area contributed by atoms with Gasteiger partial charge in [0.05, 0.1) is 6.20 Å². The quantitative estimate of drug-likeness (QED) is 0.446. The lowest BCUT2D eigenvalue weighted by Crippen LogP contribution is -2.25. The molecule has 8 heteroatoms. The smallest absolute Gasteiger partial charge is 0.432 e. The molecule has 0 bridgehead atoms. The monoisotopic (exact) mass is 202 g/mol. The summed E-state index contributed by atoms with van der Waals surface area (Å²) < 4.78 is 0. The van der Waals surface area contributed by atoms with Gasteiger partial charge in [0, 0.05) is 0 Å². The fourth-order valence-corrected chi connectivity index (χ4v) is 0.357. The summed E-state index contributed by atoms with van der Waals surface area (Å²) in [5.74, 6) is -1.18. The molecule has 1 aromatic rings. The number of carbonyl (C=O) groups is 1. The van der Waals surface area contributed by atoms with Crippen LogP contribution in [0, 0.1) is 10.1 Å². The number of carboxylic acids is 1. The van der Waals surface area contributed by atoms with E-state index in [0.29, 0.717) is 0 Å². The number of aromatic nitrogens is 2. The summed E-state index contributed by atoms with van der Waals surface area (Å²) in [6, 6.07) is -0.731. The van der Waals surface area contributed by atoms with Gasteiger partial charge in [0.25, 0.3) is 0 Å². The third-order valence-electron chi connectivity index (χ3n) is 1.05. The van der Waals surface area contributed by atoms with Crippen molar-refractivity contribution in [1.29, 1.82) is 0 Å². The zero-order valence-corrected chi connectivity index (χ0v) is 7.38. The van der Waals surface area contributed by atoms with Crippen molar-refractivity contribution in [3.63, 3.8) is 0 Å². The molecule has 0 aliphatic rings. The predicted octanol–water partition coefficient (Wildman–Crippen LogP) is -0.264. The van der Waals surface area contributed by atoms with Crippen molar-refractivity contribution in [1.82, 2.24) is 9.97 Å². The molecule has 1 heterocycles. The van der Waals surface area contributed by atoms with Gasteiger partial charge < -0.3 is 21.0 Å². The highest BCUT2D eigenvalue weighted by Crippen LogP contribution is 1.96. The van der Waals surface area contributed by atoms with Crippen LogP contribution in [0.3, 0.4) is 0 Å². The van der Waals surface area contributed by atoms with Crippen molar-refractivity contribution in [3.8, 4) is 0 Å². The Morgan fingerprint density at radius 3 is 2.50 bits per heavy atom. The maximum Gasteiger partial charge on any atom is 0.432 e. The van der Waals surface area contributed by atoms with Crippen LogP contribution in [0.4, 0.5) is 5.95 Å². The average molecular weight is 202 g/mol. The molecule has 0 radical (unpaired) electrons. The van der Waals surface area contributed by atoms with E-state index < -0.39 is 16.9 Å². The van der Waals surface area contributed by atoms with Crippen LogP contribution < -0.4 is 5.73 Å². The van der Waals surface area contributed by atoms with Crippen molar-refractivity contribution in [2.45, 2.75) is 13.0 Å². The van der Waals surface area contributed by atoms with Crippen LogP contribution >= 0.6 is 0 Å². The Hall–Kier alpha value is -1.96. The van der Waals surface area contributed by atoms with Gasteiger partial charge in [0.2, 0.25) is 0 Å². The minimum Gasteiger partial charge on any atom is -0.480 e. The largest absolute Gasteiger partial charge is 0.480 e. The van der Waals surface area contributed by atoms with E-state index in [0.717, 1.165) is 0 Å². The third kappa shape index (κ3) is 4.83. The van der Waals surface area contributed by atoms with E-state index >= 15 is 0 Å². The van der Waals surface area contributed by atoms with Gasteiger partial charge in [-0.25, -0.2) is 4.98 Å². The van der Waals surface area contributed by atoms with Gasteiger partial charge in [0.1, 0.15) is 12.2 Å². The van der Waals surface area contributed by atoms with E-state index in [4.69, 9.17) is 10.8 Å². The molecular weight excluding hydrogens is 192 g/mol. The van der Waals surface area contributed by atoms with Gasteiger partial charge >= 0.3 is 11.9 Å². The highest BCUT2D eigenvalue weighted by molar-refractivity contribution is 5.72. The molecule has 0 saturated heterocycles. The Morgan fingerprint density at radius 2 is 2.36 bits per heavy atom. The average Bonchev–Trinajstić information content (AvgIpc) is 2.56. The van der Waals surface area contributed by atoms with Gasteiger partial charge in [-0.1, -0.05) is 4.98 Å². The normalized spacial score (nSPS) is 11.0. The summed E-state index contributed by atoms with van der Waals surface area (Å²) in [6.45, 7) is 1.42. The molecule has 0 saturated carbocycles. The summed E-state index contributed by atoms with van der Waals surface area (Å²) in [7, 11) is 0. The number of imidazole rings is 1. The molecule has 0 spiro atoms. The first-order valence-electron chi connectivity index (χ1n) is 3.57. The maximum absolute atomic E-state index is 9.77. The molecule has 0 fully saturated rings. The molecule has 1 unspecified atom stereocenters. The van der Waals surface area contributed by atoms with E-state index in [1.54, 1.807) is 0 Å². The molecule has 0 amide bonds. The number of nitrogens with one attached hydrogen (secondary N) is 1. The lowest BCUT2D eigenvalue weighted by atomic mass is 10.4. The number of hydrogen-bond acceptors (Lipinski definition) is 5. The number of aromatic amines is 1. The summed E-state index contributed by atoms with van der Waals surface area (Å²) in [5.41, 5.74) is 4.84. The van der Waals surface area contributed by atoms with E-state index in [9.17, 15) is 14.9 Å². The molecule has 4 N–H and O–H groups in total. The first-order chi connectivity index (χ1) is 6.45. The summed E-state index contributed by atoms with van der Waals surface area (Å²) in [4.78, 5) is 24.5. The minimum atomic E-state index is -0.963. The minimum absolute atomic E-state index is 0.218. The lowest BCUT2D eigenvalue weighted by Gasteiger charge is -1.90. The highest BCUT2D eigenvalue weighted by atomic mass is 16.6. The predicted molar refractivity (Wildman–Crippen MR) is 46.5 cm³/mol. The second-order valence-electron chi connectivity index (χ2n) is 2.30. The zero-order chi connectivity index (χ0) is 11.1. The van der Waals surface area contributed by atoms with E-state index in [-0.39, 0.29) is 5.95 Å². The number of rotatable bonds is 2. The van der Waals surface area contributed by atoms with Crippen molar-refractivity contribution in [2.24, 2.45) is 5.73 Å². The first-order valence-corrected chi connectivity index (χ1v) is 3.57. The molecule has 14 heavy (non-hydrogen) atoms. The number of carboxylic acid groups (broad SMARTS) is 1. The van der Waals surface area contributed by atoms with Crippen molar-refractivity contribution in [2.75, 3.05) is 0 Å². The number of aliphatic carboxylic acids is 1. The van der Waals surface area contributed by atoms with E-state index in [1.165, 1.54) is 19.3 Å². The van der Waals surface area contributed by atoms with Gasteiger partial charge in [0.15, 0.2) is 0 Å². The molecule has 0 aromatic carbocycles. The number of nitrogens with zero attached hydrogens (tertiary/aromatic N) is 2. The molecule has 0 aliphatic carbocycles. The molecule has 1 atom stereocenters. The van der Waals surface area contributed by atoms with Crippen molar-refractivity contribution < 1.29 is 14.8 Å². The Bertz CT molecular complexity index is 295. The SMILES string of the molecule is CC(N)C(=O)O.O=[N+]([O-])c1ncc[nH]1. The Kier molecular flexibility index (Phi) is 4.86. The molecule has 0 aliphatic heterocycles.